The van der Waals surface area contributed by atoms with Crippen molar-refractivity contribution < 1.29 is 9.53 Å². The van der Waals surface area contributed by atoms with E-state index in [4.69, 9.17) is 4.74 Å². The lowest BCUT2D eigenvalue weighted by Gasteiger charge is -2.34. The Balaban J connectivity index is 2.60. The summed E-state index contributed by atoms with van der Waals surface area (Å²) in [4.78, 5) is 16.2. The Hall–Kier alpha value is -1.62. The lowest BCUT2D eigenvalue weighted by atomic mass is 9.92. The second kappa shape index (κ2) is 8.29. The molecule has 2 N–H and O–H groups in total. The van der Waals surface area contributed by atoms with Crippen molar-refractivity contribution in [1.82, 2.24) is 15.6 Å². The first-order chi connectivity index (χ1) is 10.7. The molecule has 5 heteroatoms. The molecule has 0 aliphatic rings. The smallest absolute Gasteiger partial charge is 0.407 e. The maximum atomic E-state index is 11.9. The molecule has 0 bridgehead atoms. The molecule has 130 valence electrons. The van der Waals surface area contributed by atoms with E-state index in [0.717, 1.165) is 30.6 Å². The van der Waals surface area contributed by atoms with Gasteiger partial charge >= 0.3 is 6.09 Å². The zero-order chi connectivity index (χ0) is 17.5. The number of ether oxygens (including phenoxy) is 1. The van der Waals surface area contributed by atoms with E-state index >= 15 is 0 Å². The summed E-state index contributed by atoms with van der Waals surface area (Å²) >= 11 is 0. The van der Waals surface area contributed by atoms with Crippen molar-refractivity contribution in [2.45, 2.75) is 72.1 Å². The average molecular weight is 321 g/mol. The van der Waals surface area contributed by atoms with Crippen LogP contribution in [0.4, 0.5) is 4.79 Å². The molecular weight excluding hydrogens is 290 g/mol. The van der Waals surface area contributed by atoms with Gasteiger partial charge in [0.15, 0.2) is 0 Å². The number of nitrogens with zero attached hydrogens (tertiary/aromatic N) is 1. The van der Waals surface area contributed by atoms with Crippen LogP contribution in [0.25, 0.3) is 0 Å². The minimum absolute atomic E-state index is 0.151. The van der Waals surface area contributed by atoms with Gasteiger partial charge in [-0.1, -0.05) is 19.9 Å². The third-order valence-corrected chi connectivity index (χ3v) is 3.96. The predicted octanol–water partition coefficient (Wildman–Crippen LogP) is 3.56. The Labute approximate surface area is 140 Å². The maximum absolute atomic E-state index is 11.9. The monoisotopic (exact) mass is 321 g/mol. The van der Waals surface area contributed by atoms with Crippen LogP contribution >= 0.6 is 0 Å². The fraction of sp³-hybridized carbons (Fsp3) is 0.667. The number of hydrogen-bond donors (Lipinski definition) is 2. The van der Waals surface area contributed by atoms with Crippen LogP contribution in [0.1, 0.15) is 58.7 Å². The van der Waals surface area contributed by atoms with Gasteiger partial charge in [-0.3, -0.25) is 4.98 Å². The Morgan fingerprint density at radius 3 is 2.35 bits per heavy atom. The van der Waals surface area contributed by atoms with Gasteiger partial charge in [-0.25, -0.2) is 4.79 Å². The lowest BCUT2D eigenvalue weighted by molar-refractivity contribution is 0.0507. The molecule has 1 aromatic heterocycles. The van der Waals surface area contributed by atoms with Crippen LogP contribution < -0.4 is 10.6 Å². The van der Waals surface area contributed by atoms with Gasteiger partial charge in [0.1, 0.15) is 5.60 Å². The SMILES string of the molecule is CCC(CC)(CNC(=O)OC(C)(C)C)NCc1ccc(C)nc1. The third-order valence-electron chi connectivity index (χ3n) is 3.96. The average Bonchev–Trinajstić information content (AvgIpc) is 2.48. The number of carbonyl (C=O) groups excluding carboxylic acids is 1. The molecule has 23 heavy (non-hydrogen) atoms. The van der Waals surface area contributed by atoms with Crippen LogP contribution in [-0.2, 0) is 11.3 Å². The number of aryl methyl sites for hydroxylation is 1. The molecule has 0 aromatic carbocycles. The number of rotatable bonds is 7. The molecule has 0 atom stereocenters. The highest BCUT2D eigenvalue weighted by Gasteiger charge is 2.27. The summed E-state index contributed by atoms with van der Waals surface area (Å²) in [6.45, 7) is 13.1. The molecule has 0 aliphatic heterocycles. The number of aromatic nitrogens is 1. The third kappa shape index (κ3) is 6.99. The second-order valence-corrected chi connectivity index (χ2v) is 7.00. The van der Waals surface area contributed by atoms with E-state index < -0.39 is 5.60 Å². The van der Waals surface area contributed by atoms with Gasteiger partial charge in [-0.15, -0.1) is 0 Å². The number of pyridine rings is 1. The van der Waals surface area contributed by atoms with E-state index in [0.29, 0.717) is 6.54 Å². The molecule has 5 nitrogen and oxygen atoms in total. The minimum atomic E-state index is -0.480. The first-order valence-electron chi connectivity index (χ1n) is 8.33. The van der Waals surface area contributed by atoms with Crippen molar-refractivity contribution >= 4 is 6.09 Å². The van der Waals surface area contributed by atoms with E-state index in [9.17, 15) is 4.79 Å². The van der Waals surface area contributed by atoms with Crippen molar-refractivity contribution in [3.05, 3.63) is 29.6 Å². The van der Waals surface area contributed by atoms with Crippen molar-refractivity contribution in [3.63, 3.8) is 0 Å². The summed E-state index contributed by atoms with van der Waals surface area (Å²) in [6.07, 6.45) is 3.35. The number of nitrogens with one attached hydrogen (secondary N) is 2. The van der Waals surface area contributed by atoms with Crippen LogP contribution in [0.3, 0.4) is 0 Å². The zero-order valence-corrected chi connectivity index (χ0v) is 15.3. The van der Waals surface area contributed by atoms with Crippen LogP contribution in [0, 0.1) is 6.92 Å². The summed E-state index contributed by atoms with van der Waals surface area (Å²) in [5.74, 6) is 0. The maximum Gasteiger partial charge on any atom is 0.407 e. The summed E-state index contributed by atoms with van der Waals surface area (Å²) in [5.41, 5.74) is 1.52. The molecule has 0 unspecified atom stereocenters. The standard InChI is InChI=1S/C18H31N3O2/c1-7-18(8-2,13-20-16(22)23-17(4,5)6)21-12-15-10-9-14(3)19-11-15/h9-11,21H,7-8,12-13H2,1-6H3,(H,20,22). The van der Waals surface area contributed by atoms with Crippen LogP contribution in [-0.4, -0.2) is 28.8 Å². The van der Waals surface area contributed by atoms with Crippen molar-refractivity contribution in [1.29, 1.82) is 0 Å². The summed E-state index contributed by atoms with van der Waals surface area (Å²) in [7, 11) is 0. The largest absolute Gasteiger partial charge is 0.444 e. The molecule has 1 heterocycles. The lowest BCUT2D eigenvalue weighted by Crippen LogP contribution is -2.53. The molecule has 1 amide bonds. The van der Waals surface area contributed by atoms with E-state index in [2.05, 4.69) is 35.5 Å². The van der Waals surface area contributed by atoms with Crippen LogP contribution in [0.5, 0.6) is 0 Å². The molecule has 0 aliphatic carbocycles. The fourth-order valence-electron chi connectivity index (χ4n) is 2.26. The summed E-state index contributed by atoms with van der Waals surface area (Å²) in [6, 6.07) is 4.09. The molecule has 1 aromatic rings. The minimum Gasteiger partial charge on any atom is -0.444 e. The second-order valence-electron chi connectivity index (χ2n) is 7.00. The highest BCUT2D eigenvalue weighted by atomic mass is 16.6. The highest BCUT2D eigenvalue weighted by molar-refractivity contribution is 5.67. The van der Waals surface area contributed by atoms with Crippen LogP contribution in [0.15, 0.2) is 18.3 Å². The fourth-order valence-corrected chi connectivity index (χ4v) is 2.26. The Morgan fingerprint density at radius 1 is 1.22 bits per heavy atom. The van der Waals surface area contributed by atoms with Crippen molar-refractivity contribution in [2.24, 2.45) is 0 Å². The molecule has 1 rings (SSSR count). The van der Waals surface area contributed by atoms with Crippen LogP contribution in [0.2, 0.25) is 0 Å². The van der Waals surface area contributed by atoms with Gasteiger partial charge in [0.25, 0.3) is 0 Å². The predicted molar refractivity (Wildman–Crippen MR) is 93.4 cm³/mol. The molecule has 0 fully saturated rings. The van der Waals surface area contributed by atoms with Crippen molar-refractivity contribution in [2.75, 3.05) is 6.54 Å². The Kier molecular flexibility index (Phi) is 7.01. The first kappa shape index (κ1) is 19.4. The Bertz CT molecular complexity index is 488. The van der Waals surface area contributed by atoms with Gasteiger partial charge in [-0.05, 0) is 52.2 Å². The summed E-state index contributed by atoms with van der Waals surface area (Å²) < 4.78 is 5.31. The van der Waals surface area contributed by atoms with Gasteiger partial charge in [-0.2, -0.15) is 0 Å². The quantitative estimate of drug-likeness (QED) is 0.806. The first-order valence-corrected chi connectivity index (χ1v) is 8.33. The van der Waals surface area contributed by atoms with Gasteiger partial charge in [0.2, 0.25) is 0 Å². The van der Waals surface area contributed by atoms with Gasteiger partial charge in [0.05, 0.1) is 0 Å². The molecule has 0 radical (unpaired) electrons. The number of alkyl carbamates (subject to hydrolysis) is 1. The van der Waals surface area contributed by atoms with E-state index in [1.54, 1.807) is 0 Å². The number of carbonyl (C=O) groups is 1. The highest BCUT2D eigenvalue weighted by Crippen LogP contribution is 2.16. The summed E-state index contributed by atoms with van der Waals surface area (Å²) in [5, 5.41) is 6.46. The molecule has 0 saturated carbocycles. The molecular formula is C18H31N3O2. The zero-order valence-electron chi connectivity index (χ0n) is 15.3. The van der Waals surface area contributed by atoms with E-state index in [1.165, 1.54) is 0 Å². The van der Waals surface area contributed by atoms with Crippen molar-refractivity contribution in [3.8, 4) is 0 Å². The molecule has 0 spiro atoms. The van der Waals surface area contributed by atoms with Gasteiger partial charge < -0.3 is 15.4 Å². The Morgan fingerprint density at radius 2 is 1.87 bits per heavy atom. The topological polar surface area (TPSA) is 63.2 Å². The normalized spacial score (nSPS) is 12.1. The van der Waals surface area contributed by atoms with E-state index in [-0.39, 0.29) is 11.6 Å². The number of amides is 1. The van der Waals surface area contributed by atoms with Gasteiger partial charge in [0, 0.05) is 30.5 Å². The number of hydrogen-bond acceptors (Lipinski definition) is 4. The molecule has 0 saturated heterocycles. The van der Waals surface area contributed by atoms with E-state index in [1.807, 2.05) is 40.0 Å².